The lowest BCUT2D eigenvalue weighted by Gasteiger charge is -2.25. The van der Waals surface area contributed by atoms with Crippen LogP contribution in [0.1, 0.15) is 0 Å². The fraction of sp³-hybridized carbons (Fsp3) is 0.889. The van der Waals surface area contributed by atoms with Crippen LogP contribution in [0.4, 0.5) is 0 Å². The van der Waals surface area contributed by atoms with Crippen molar-refractivity contribution in [3.05, 3.63) is 0 Å². The standard InChI is InChI=1S/C9H18N2O4/c1-14-5-7(4-12)11-9(13)8-6-15-3-2-10-8/h7-8,10,12H,2-6H2,1H3,(H,11,13). The van der Waals surface area contributed by atoms with Gasteiger partial charge in [0, 0.05) is 13.7 Å². The molecule has 1 aliphatic heterocycles. The zero-order valence-electron chi connectivity index (χ0n) is 8.86. The number of rotatable bonds is 5. The largest absolute Gasteiger partial charge is 0.394 e. The molecule has 0 aromatic rings. The Labute approximate surface area is 88.9 Å². The Morgan fingerprint density at radius 1 is 1.80 bits per heavy atom. The van der Waals surface area contributed by atoms with E-state index in [-0.39, 0.29) is 24.6 Å². The van der Waals surface area contributed by atoms with Gasteiger partial charge in [-0.2, -0.15) is 0 Å². The summed E-state index contributed by atoms with van der Waals surface area (Å²) in [6.45, 7) is 1.84. The van der Waals surface area contributed by atoms with Crippen molar-refractivity contribution in [1.82, 2.24) is 10.6 Å². The molecule has 0 aromatic heterocycles. The highest BCUT2D eigenvalue weighted by atomic mass is 16.5. The van der Waals surface area contributed by atoms with Crippen LogP contribution >= 0.6 is 0 Å². The van der Waals surface area contributed by atoms with Crippen LogP contribution < -0.4 is 10.6 Å². The number of amides is 1. The van der Waals surface area contributed by atoms with Crippen LogP contribution in [0, 0.1) is 0 Å². The van der Waals surface area contributed by atoms with Gasteiger partial charge < -0.3 is 25.2 Å². The molecule has 6 nitrogen and oxygen atoms in total. The van der Waals surface area contributed by atoms with Gasteiger partial charge in [-0.25, -0.2) is 0 Å². The van der Waals surface area contributed by atoms with Crippen molar-refractivity contribution >= 4 is 5.91 Å². The van der Waals surface area contributed by atoms with E-state index in [1.165, 1.54) is 7.11 Å². The lowest BCUT2D eigenvalue weighted by Crippen LogP contribution is -2.54. The molecule has 0 radical (unpaired) electrons. The van der Waals surface area contributed by atoms with E-state index >= 15 is 0 Å². The monoisotopic (exact) mass is 218 g/mol. The number of hydrogen-bond donors (Lipinski definition) is 3. The number of hydrogen-bond acceptors (Lipinski definition) is 5. The summed E-state index contributed by atoms with van der Waals surface area (Å²) in [4.78, 5) is 11.6. The number of aliphatic hydroxyl groups is 1. The van der Waals surface area contributed by atoms with Gasteiger partial charge in [0.05, 0.1) is 32.5 Å². The van der Waals surface area contributed by atoms with Crippen LogP contribution in [0.25, 0.3) is 0 Å². The van der Waals surface area contributed by atoms with E-state index in [0.29, 0.717) is 26.4 Å². The quantitative estimate of drug-likeness (QED) is 0.502. The van der Waals surface area contributed by atoms with Crippen molar-refractivity contribution in [2.24, 2.45) is 0 Å². The van der Waals surface area contributed by atoms with Crippen LogP contribution in [0.5, 0.6) is 0 Å². The van der Waals surface area contributed by atoms with Gasteiger partial charge in [0.2, 0.25) is 5.91 Å². The molecule has 0 spiro atoms. The van der Waals surface area contributed by atoms with Gasteiger partial charge in [-0.15, -0.1) is 0 Å². The van der Waals surface area contributed by atoms with E-state index < -0.39 is 0 Å². The predicted octanol–water partition coefficient (Wildman–Crippen LogP) is -1.90. The van der Waals surface area contributed by atoms with Crippen LogP contribution in [0.3, 0.4) is 0 Å². The van der Waals surface area contributed by atoms with Crippen molar-refractivity contribution in [1.29, 1.82) is 0 Å². The Balaban J connectivity index is 2.31. The highest BCUT2D eigenvalue weighted by Gasteiger charge is 2.23. The number of carbonyl (C=O) groups excluding carboxylic acids is 1. The molecule has 1 heterocycles. The summed E-state index contributed by atoms with van der Waals surface area (Å²) >= 11 is 0. The molecule has 0 aromatic carbocycles. The first-order valence-corrected chi connectivity index (χ1v) is 4.99. The van der Waals surface area contributed by atoms with Crippen molar-refractivity contribution in [3.8, 4) is 0 Å². The summed E-state index contributed by atoms with van der Waals surface area (Å²) in [6, 6.07) is -0.684. The zero-order valence-corrected chi connectivity index (χ0v) is 8.86. The Kier molecular flexibility index (Phi) is 5.56. The Morgan fingerprint density at radius 3 is 3.13 bits per heavy atom. The molecule has 2 unspecified atom stereocenters. The molecule has 6 heteroatoms. The van der Waals surface area contributed by atoms with Crippen molar-refractivity contribution in [2.75, 3.05) is 40.1 Å². The summed E-state index contributed by atoms with van der Waals surface area (Å²) in [5.41, 5.74) is 0. The molecule has 1 rings (SSSR count). The third-order valence-corrected chi connectivity index (χ3v) is 2.17. The SMILES string of the molecule is COCC(CO)NC(=O)C1COCCN1. The average Bonchev–Trinajstić information content (AvgIpc) is 2.29. The molecule has 88 valence electrons. The summed E-state index contributed by atoms with van der Waals surface area (Å²) in [7, 11) is 1.52. The minimum absolute atomic E-state index is 0.132. The van der Waals surface area contributed by atoms with Crippen molar-refractivity contribution in [3.63, 3.8) is 0 Å². The third-order valence-electron chi connectivity index (χ3n) is 2.17. The average molecular weight is 218 g/mol. The maximum atomic E-state index is 11.6. The zero-order chi connectivity index (χ0) is 11.1. The molecule has 0 saturated carbocycles. The van der Waals surface area contributed by atoms with Gasteiger partial charge in [-0.1, -0.05) is 0 Å². The lowest BCUT2D eigenvalue weighted by atomic mass is 10.2. The second kappa shape index (κ2) is 6.73. The topological polar surface area (TPSA) is 79.8 Å². The first-order valence-electron chi connectivity index (χ1n) is 4.99. The molecular weight excluding hydrogens is 200 g/mol. The van der Waals surface area contributed by atoms with E-state index in [2.05, 4.69) is 10.6 Å². The molecule has 1 saturated heterocycles. The number of aliphatic hydroxyl groups excluding tert-OH is 1. The Hall–Kier alpha value is -0.690. The molecule has 0 bridgehead atoms. The second-order valence-electron chi connectivity index (χ2n) is 3.43. The fourth-order valence-corrected chi connectivity index (χ4v) is 1.38. The molecule has 1 fully saturated rings. The molecular formula is C9H18N2O4. The van der Waals surface area contributed by atoms with Crippen molar-refractivity contribution < 1.29 is 19.4 Å². The highest BCUT2D eigenvalue weighted by molar-refractivity contribution is 5.82. The maximum absolute atomic E-state index is 11.6. The van der Waals surface area contributed by atoms with Crippen LogP contribution in [0.15, 0.2) is 0 Å². The number of ether oxygens (including phenoxy) is 2. The molecule has 2 atom stereocenters. The van der Waals surface area contributed by atoms with Gasteiger partial charge >= 0.3 is 0 Å². The molecule has 1 aliphatic rings. The molecule has 1 amide bonds. The maximum Gasteiger partial charge on any atom is 0.239 e. The van der Waals surface area contributed by atoms with Gasteiger partial charge in [0.25, 0.3) is 0 Å². The van der Waals surface area contributed by atoms with E-state index in [1.54, 1.807) is 0 Å². The second-order valence-corrected chi connectivity index (χ2v) is 3.43. The van der Waals surface area contributed by atoms with Gasteiger partial charge in [0.1, 0.15) is 6.04 Å². The van der Waals surface area contributed by atoms with E-state index in [0.717, 1.165) is 0 Å². The predicted molar refractivity (Wildman–Crippen MR) is 53.5 cm³/mol. The summed E-state index contributed by atoms with van der Waals surface area (Å²) in [5, 5.41) is 14.7. The first-order chi connectivity index (χ1) is 7.27. The van der Waals surface area contributed by atoms with Gasteiger partial charge in [-0.05, 0) is 0 Å². The fourth-order valence-electron chi connectivity index (χ4n) is 1.38. The van der Waals surface area contributed by atoms with Crippen LogP contribution in [0.2, 0.25) is 0 Å². The minimum atomic E-state index is -0.355. The summed E-state index contributed by atoms with van der Waals surface area (Å²) in [6.07, 6.45) is 0. The Morgan fingerprint density at radius 2 is 2.60 bits per heavy atom. The molecule has 15 heavy (non-hydrogen) atoms. The van der Waals surface area contributed by atoms with E-state index in [4.69, 9.17) is 14.6 Å². The smallest absolute Gasteiger partial charge is 0.239 e. The highest BCUT2D eigenvalue weighted by Crippen LogP contribution is 1.94. The van der Waals surface area contributed by atoms with Crippen LogP contribution in [-0.2, 0) is 14.3 Å². The van der Waals surface area contributed by atoms with Gasteiger partial charge in [0.15, 0.2) is 0 Å². The Bertz CT molecular complexity index is 195. The number of methoxy groups -OCH3 is 1. The normalized spacial score (nSPS) is 23.5. The molecule has 3 N–H and O–H groups in total. The summed E-state index contributed by atoms with van der Waals surface area (Å²) < 4.78 is 10.0. The first kappa shape index (κ1) is 12.4. The summed E-state index contributed by atoms with van der Waals surface area (Å²) in [5.74, 6) is -0.161. The number of morpholine rings is 1. The minimum Gasteiger partial charge on any atom is -0.394 e. The number of carbonyl (C=O) groups is 1. The van der Waals surface area contributed by atoms with Crippen molar-refractivity contribution in [2.45, 2.75) is 12.1 Å². The van der Waals surface area contributed by atoms with Crippen LogP contribution in [-0.4, -0.2) is 63.2 Å². The van der Waals surface area contributed by atoms with E-state index in [1.807, 2.05) is 0 Å². The number of nitrogens with one attached hydrogen (secondary N) is 2. The molecule has 0 aliphatic carbocycles. The van der Waals surface area contributed by atoms with E-state index in [9.17, 15) is 4.79 Å². The van der Waals surface area contributed by atoms with Gasteiger partial charge in [-0.3, -0.25) is 4.79 Å². The lowest BCUT2D eigenvalue weighted by molar-refractivity contribution is -0.127. The third kappa shape index (κ3) is 4.13.